The van der Waals surface area contributed by atoms with Gasteiger partial charge < -0.3 is 15.0 Å². The number of nitrogens with zero attached hydrogens (tertiary/aromatic N) is 1. The maximum atomic E-state index is 13.1. The summed E-state index contributed by atoms with van der Waals surface area (Å²) >= 11 is 0. The van der Waals surface area contributed by atoms with Crippen LogP contribution in [0, 0.1) is 5.92 Å². The van der Waals surface area contributed by atoms with E-state index in [1.807, 2.05) is 34.6 Å². The number of rotatable bonds is 7. The molecule has 2 atom stereocenters. The third-order valence-electron chi connectivity index (χ3n) is 4.64. The van der Waals surface area contributed by atoms with Crippen molar-refractivity contribution in [1.29, 1.82) is 0 Å². The minimum Gasteiger partial charge on any atom is -0.383 e. The molecule has 0 aromatic heterocycles. The van der Waals surface area contributed by atoms with Crippen molar-refractivity contribution >= 4 is 11.8 Å². The van der Waals surface area contributed by atoms with Crippen molar-refractivity contribution in [3.63, 3.8) is 0 Å². The minimum absolute atomic E-state index is 0.0368. The molecular weight excluding hydrogens is 268 g/mol. The number of carbonyl (C=O) groups excluding carboxylic acids is 2. The molecule has 1 saturated heterocycles. The molecule has 122 valence electrons. The van der Waals surface area contributed by atoms with E-state index in [0.29, 0.717) is 19.4 Å². The van der Waals surface area contributed by atoms with E-state index in [1.54, 1.807) is 12.0 Å². The van der Waals surface area contributed by atoms with Crippen LogP contribution in [-0.4, -0.2) is 48.1 Å². The predicted molar refractivity (Wildman–Crippen MR) is 82.9 cm³/mol. The smallest absolute Gasteiger partial charge is 0.249 e. The summed E-state index contributed by atoms with van der Waals surface area (Å²) in [5.41, 5.74) is -0.760. The molecule has 1 rings (SSSR count). The number of nitrogens with one attached hydrogen (secondary N) is 1. The van der Waals surface area contributed by atoms with Gasteiger partial charge in [-0.2, -0.15) is 0 Å². The van der Waals surface area contributed by atoms with Crippen LogP contribution in [0.15, 0.2) is 0 Å². The second-order valence-corrected chi connectivity index (χ2v) is 6.20. The lowest BCUT2D eigenvalue weighted by molar-refractivity contribution is -0.162. The molecule has 0 radical (unpaired) electrons. The molecule has 1 aliphatic heterocycles. The Morgan fingerprint density at radius 2 is 1.81 bits per heavy atom. The highest BCUT2D eigenvalue weighted by Crippen LogP contribution is 2.30. The SMILES string of the molecule is CCC(COC)N1C(=O)C(CC)(CC)NC(=O)C1C(C)C. The monoisotopic (exact) mass is 298 g/mol. The van der Waals surface area contributed by atoms with E-state index >= 15 is 0 Å². The largest absolute Gasteiger partial charge is 0.383 e. The van der Waals surface area contributed by atoms with E-state index in [9.17, 15) is 9.59 Å². The lowest BCUT2D eigenvalue weighted by Crippen LogP contribution is -2.73. The number of hydrogen-bond donors (Lipinski definition) is 1. The summed E-state index contributed by atoms with van der Waals surface area (Å²) in [5.74, 6) is 0.0733. The fourth-order valence-corrected chi connectivity index (χ4v) is 3.20. The van der Waals surface area contributed by atoms with Gasteiger partial charge in [0.15, 0.2) is 0 Å². The van der Waals surface area contributed by atoms with Crippen molar-refractivity contribution in [1.82, 2.24) is 10.2 Å². The van der Waals surface area contributed by atoms with Gasteiger partial charge in [0.2, 0.25) is 11.8 Å². The van der Waals surface area contributed by atoms with Crippen LogP contribution in [0.1, 0.15) is 53.9 Å². The molecule has 1 aliphatic rings. The Kier molecular flexibility index (Phi) is 6.20. The van der Waals surface area contributed by atoms with Gasteiger partial charge in [0.1, 0.15) is 11.6 Å². The van der Waals surface area contributed by atoms with Crippen LogP contribution in [0.4, 0.5) is 0 Å². The molecule has 5 nitrogen and oxygen atoms in total. The zero-order valence-electron chi connectivity index (χ0n) is 14.2. The zero-order valence-corrected chi connectivity index (χ0v) is 14.2. The molecule has 1 N–H and O–H groups in total. The first-order valence-corrected chi connectivity index (χ1v) is 8.02. The maximum absolute atomic E-state index is 13.1. The lowest BCUT2D eigenvalue weighted by atomic mass is 9.83. The Morgan fingerprint density at radius 3 is 2.19 bits per heavy atom. The molecule has 0 saturated carbocycles. The number of piperazine rings is 1. The molecule has 0 aromatic rings. The summed E-state index contributed by atoms with van der Waals surface area (Å²) in [6, 6.07) is -0.470. The molecule has 1 heterocycles. The van der Waals surface area contributed by atoms with Gasteiger partial charge in [0.25, 0.3) is 0 Å². The summed E-state index contributed by atoms with van der Waals surface area (Å²) in [4.78, 5) is 27.5. The molecule has 2 amide bonds. The molecule has 0 aliphatic carbocycles. The standard InChI is InChI=1S/C16H30N2O3/c1-7-12(10-21-6)18-13(11(4)5)14(19)17-16(8-2,9-3)15(18)20/h11-13H,7-10H2,1-6H3,(H,17,19). The van der Waals surface area contributed by atoms with Gasteiger partial charge in [-0.05, 0) is 25.2 Å². The average molecular weight is 298 g/mol. The number of hydrogen-bond acceptors (Lipinski definition) is 3. The van der Waals surface area contributed by atoms with Crippen molar-refractivity contribution in [3.05, 3.63) is 0 Å². The molecule has 0 spiro atoms. The highest BCUT2D eigenvalue weighted by Gasteiger charge is 2.51. The molecule has 0 aromatic carbocycles. The lowest BCUT2D eigenvalue weighted by Gasteiger charge is -2.49. The second-order valence-electron chi connectivity index (χ2n) is 6.20. The van der Waals surface area contributed by atoms with Crippen molar-refractivity contribution in [2.75, 3.05) is 13.7 Å². The quantitative estimate of drug-likeness (QED) is 0.781. The highest BCUT2D eigenvalue weighted by atomic mass is 16.5. The van der Waals surface area contributed by atoms with Crippen LogP contribution in [0.2, 0.25) is 0 Å². The van der Waals surface area contributed by atoms with Crippen LogP contribution in [0.5, 0.6) is 0 Å². The summed E-state index contributed by atoms with van der Waals surface area (Å²) in [6.45, 7) is 10.4. The fourth-order valence-electron chi connectivity index (χ4n) is 3.20. The Morgan fingerprint density at radius 1 is 1.24 bits per heavy atom. The van der Waals surface area contributed by atoms with E-state index in [0.717, 1.165) is 6.42 Å². The van der Waals surface area contributed by atoms with Crippen LogP contribution in [0.25, 0.3) is 0 Å². The summed E-state index contributed by atoms with van der Waals surface area (Å²) in [7, 11) is 1.63. The topological polar surface area (TPSA) is 58.6 Å². The minimum atomic E-state index is -0.760. The maximum Gasteiger partial charge on any atom is 0.249 e. The Labute approximate surface area is 128 Å². The number of methoxy groups -OCH3 is 1. The van der Waals surface area contributed by atoms with Crippen molar-refractivity contribution in [2.45, 2.75) is 71.5 Å². The first-order chi connectivity index (χ1) is 9.88. The van der Waals surface area contributed by atoms with Gasteiger partial charge in [0.05, 0.1) is 12.6 Å². The average Bonchev–Trinajstić information content (AvgIpc) is 2.46. The first kappa shape index (κ1) is 18.0. The zero-order chi connectivity index (χ0) is 16.2. The number of ether oxygens (including phenoxy) is 1. The normalized spacial score (nSPS) is 23.4. The van der Waals surface area contributed by atoms with Gasteiger partial charge >= 0.3 is 0 Å². The van der Waals surface area contributed by atoms with Crippen molar-refractivity contribution in [2.24, 2.45) is 5.92 Å². The third-order valence-corrected chi connectivity index (χ3v) is 4.64. The van der Waals surface area contributed by atoms with Crippen LogP contribution in [0.3, 0.4) is 0 Å². The Bertz CT molecular complexity index is 378. The van der Waals surface area contributed by atoms with Gasteiger partial charge in [-0.3, -0.25) is 9.59 Å². The molecule has 0 bridgehead atoms. The third kappa shape index (κ3) is 3.23. The van der Waals surface area contributed by atoms with Gasteiger partial charge in [-0.1, -0.05) is 34.6 Å². The molecule has 5 heteroatoms. The van der Waals surface area contributed by atoms with Crippen LogP contribution >= 0.6 is 0 Å². The molecular formula is C16H30N2O3. The van der Waals surface area contributed by atoms with Gasteiger partial charge in [-0.15, -0.1) is 0 Å². The number of amides is 2. The number of carbonyl (C=O) groups is 2. The van der Waals surface area contributed by atoms with Gasteiger partial charge in [0, 0.05) is 7.11 Å². The molecule has 21 heavy (non-hydrogen) atoms. The van der Waals surface area contributed by atoms with E-state index in [4.69, 9.17) is 4.74 Å². The van der Waals surface area contributed by atoms with Crippen LogP contribution < -0.4 is 5.32 Å². The van der Waals surface area contributed by atoms with Crippen molar-refractivity contribution < 1.29 is 14.3 Å². The summed E-state index contributed by atoms with van der Waals surface area (Å²) in [5, 5.41) is 2.99. The van der Waals surface area contributed by atoms with Gasteiger partial charge in [-0.25, -0.2) is 0 Å². The highest BCUT2D eigenvalue weighted by molar-refractivity contribution is 6.00. The Balaban J connectivity index is 3.26. The summed E-state index contributed by atoms with van der Waals surface area (Å²) < 4.78 is 5.27. The van der Waals surface area contributed by atoms with E-state index in [-0.39, 0.29) is 23.8 Å². The fraction of sp³-hybridized carbons (Fsp3) is 0.875. The molecule has 1 fully saturated rings. The second kappa shape index (κ2) is 7.25. The van der Waals surface area contributed by atoms with Crippen LogP contribution in [-0.2, 0) is 14.3 Å². The summed E-state index contributed by atoms with van der Waals surface area (Å²) in [6.07, 6.45) is 2.00. The predicted octanol–water partition coefficient (Wildman–Crippen LogP) is 1.95. The van der Waals surface area contributed by atoms with Crippen molar-refractivity contribution in [3.8, 4) is 0 Å². The van der Waals surface area contributed by atoms with E-state index in [2.05, 4.69) is 5.32 Å². The molecule has 2 unspecified atom stereocenters. The van der Waals surface area contributed by atoms with E-state index in [1.165, 1.54) is 0 Å². The Hall–Kier alpha value is -1.10. The first-order valence-electron chi connectivity index (χ1n) is 8.02. The van der Waals surface area contributed by atoms with E-state index < -0.39 is 11.6 Å².